The maximum absolute atomic E-state index is 13.9. The van der Waals surface area contributed by atoms with E-state index in [-0.39, 0.29) is 36.8 Å². The molecule has 4 rings (SSSR count). The molecule has 2 aliphatic rings. The van der Waals surface area contributed by atoms with E-state index in [1.807, 2.05) is 30.3 Å². The Morgan fingerprint density at radius 2 is 1.84 bits per heavy atom. The average molecular weight is 527 g/mol. The Morgan fingerprint density at radius 1 is 1.13 bits per heavy atom. The normalized spacial score (nSPS) is 21.3. The van der Waals surface area contributed by atoms with Crippen molar-refractivity contribution in [2.45, 2.75) is 37.6 Å². The van der Waals surface area contributed by atoms with Crippen LogP contribution >= 0.6 is 0 Å². The van der Waals surface area contributed by atoms with Crippen molar-refractivity contribution in [3.63, 3.8) is 0 Å². The molecule has 2 heterocycles. The van der Waals surface area contributed by atoms with Crippen molar-refractivity contribution in [3.8, 4) is 0 Å². The number of rotatable bonds is 10. The van der Waals surface area contributed by atoms with Crippen molar-refractivity contribution < 1.29 is 28.3 Å². The van der Waals surface area contributed by atoms with Crippen LogP contribution < -0.4 is 10.6 Å². The predicted octanol–water partition coefficient (Wildman–Crippen LogP) is 1.39. The summed E-state index contributed by atoms with van der Waals surface area (Å²) < 4.78 is 27.8. The minimum absolute atomic E-state index is 0.00252. The zero-order valence-corrected chi connectivity index (χ0v) is 21.0. The van der Waals surface area contributed by atoms with Crippen LogP contribution in [0.2, 0.25) is 0 Å². The summed E-state index contributed by atoms with van der Waals surface area (Å²) in [4.78, 5) is 41.9. The first-order chi connectivity index (χ1) is 18.2. The van der Waals surface area contributed by atoms with Crippen LogP contribution in [0.4, 0.5) is 8.78 Å². The molecule has 8 nitrogen and oxygen atoms in total. The third-order valence-electron chi connectivity index (χ3n) is 6.93. The molecule has 202 valence electrons. The number of hydrogen-bond donors (Lipinski definition) is 3. The van der Waals surface area contributed by atoms with E-state index >= 15 is 0 Å². The number of aliphatic hydroxyl groups excluding tert-OH is 1. The summed E-state index contributed by atoms with van der Waals surface area (Å²) in [7, 11) is 0. The van der Waals surface area contributed by atoms with Gasteiger partial charge in [0.2, 0.25) is 17.7 Å². The lowest BCUT2D eigenvalue weighted by Crippen LogP contribution is -2.64. The van der Waals surface area contributed by atoms with Gasteiger partial charge in [0.1, 0.15) is 17.7 Å². The van der Waals surface area contributed by atoms with E-state index in [1.165, 1.54) is 4.90 Å². The Hall–Kier alpha value is -3.63. The second-order valence-corrected chi connectivity index (χ2v) is 9.75. The van der Waals surface area contributed by atoms with Crippen molar-refractivity contribution in [3.05, 3.63) is 83.9 Å². The molecule has 3 amide bonds. The van der Waals surface area contributed by atoms with E-state index in [0.29, 0.717) is 26.2 Å². The van der Waals surface area contributed by atoms with Crippen LogP contribution in [0.3, 0.4) is 0 Å². The summed E-state index contributed by atoms with van der Waals surface area (Å²) in [6.07, 6.45) is 0.0496. The SMILES string of the molecule is C=CCN1C[C@@H](C(=O)NC(Cc2cc(F)cc(F)c2)[C@H](O)C2NCCN(Cc3ccccc3)C2=O)CC1=O. The molecule has 2 fully saturated rings. The minimum atomic E-state index is -1.40. The highest BCUT2D eigenvalue weighted by atomic mass is 19.1. The van der Waals surface area contributed by atoms with Gasteiger partial charge < -0.3 is 25.5 Å². The molecule has 0 aromatic heterocycles. The first kappa shape index (κ1) is 27.4. The van der Waals surface area contributed by atoms with Gasteiger partial charge in [-0.05, 0) is 29.7 Å². The average Bonchev–Trinajstić information content (AvgIpc) is 3.25. The summed E-state index contributed by atoms with van der Waals surface area (Å²) in [5, 5.41) is 17.2. The molecule has 0 aliphatic carbocycles. The van der Waals surface area contributed by atoms with Crippen LogP contribution in [-0.4, -0.2) is 77.0 Å². The number of nitrogens with one attached hydrogen (secondary N) is 2. The molecule has 3 N–H and O–H groups in total. The molecule has 0 bridgehead atoms. The van der Waals surface area contributed by atoms with Crippen molar-refractivity contribution in [1.82, 2.24) is 20.4 Å². The Balaban J connectivity index is 1.52. The summed E-state index contributed by atoms with van der Waals surface area (Å²) >= 11 is 0. The van der Waals surface area contributed by atoms with Gasteiger partial charge in [-0.25, -0.2) is 8.78 Å². The number of aliphatic hydroxyl groups is 1. The second-order valence-electron chi connectivity index (χ2n) is 9.75. The van der Waals surface area contributed by atoms with Crippen LogP contribution in [0, 0.1) is 17.6 Å². The van der Waals surface area contributed by atoms with E-state index < -0.39 is 41.6 Å². The first-order valence-electron chi connectivity index (χ1n) is 12.6. The lowest BCUT2D eigenvalue weighted by molar-refractivity contribution is -0.141. The lowest BCUT2D eigenvalue weighted by Gasteiger charge is -2.38. The fourth-order valence-corrected chi connectivity index (χ4v) is 5.03. The molecule has 0 radical (unpaired) electrons. The Kier molecular flexibility index (Phi) is 8.85. The maximum atomic E-state index is 13.9. The largest absolute Gasteiger partial charge is 0.389 e. The van der Waals surface area contributed by atoms with E-state index in [9.17, 15) is 28.3 Å². The Morgan fingerprint density at radius 3 is 2.53 bits per heavy atom. The number of hydrogen-bond acceptors (Lipinski definition) is 5. The third-order valence-corrected chi connectivity index (χ3v) is 6.93. The van der Waals surface area contributed by atoms with Gasteiger partial charge in [-0.1, -0.05) is 36.4 Å². The van der Waals surface area contributed by atoms with Crippen molar-refractivity contribution in [1.29, 1.82) is 0 Å². The highest BCUT2D eigenvalue weighted by Crippen LogP contribution is 2.21. The smallest absolute Gasteiger partial charge is 0.242 e. The quantitative estimate of drug-likeness (QED) is 0.406. The third kappa shape index (κ3) is 6.62. The molecule has 2 aliphatic heterocycles. The molecule has 10 heteroatoms. The van der Waals surface area contributed by atoms with Crippen LogP contribution in [0.5, 0.6) is 0 Å². The molecule has 2 aromatic rings. The molecule has 2 aromatic carbocycles. The van der Waals surface area contributed by atoms with Gasteiger partial charge >= 0.3 is 0 Å². The van der Waals surface area contributed by atoms with Crippen molar-refractivity contribution in [2.75, 3.05) is 26.2 Å². The molecule has 4 atom stereocenters. The second kappa shape index (κ2) is 12.3. The predicted molar refractivity (Wildman–Crippen MR) is 137 cm³/mol. The van der Waals surface area contributed by atoms with Gasteiger partial charge in [0.05, 0.1) is 18.1 Å². The van der Waals surface area contributed by atoms with E-state index in [4.69, 9.17) is 0 Å². The number of carbonyl (C=O) groups is 3. The highest BCUT2D eigenvalue weighted by Gasteiger charge is 2.40. The van der Waals surface area contributed by atoms with Crippen LogP contribution in [0.1, 0.15) is 17.5 Å². The monoisotopic (exact) mass is 526 g/mol. The van der Waals surface area contributed by atoms with Crippen molar-refractivity contribution in [2.24, 2.45) is 5.92 Å². The van der Waals surface area contributed by atoms with Gasteiger partial charge in [-0.15, -0.1) is 6.58 Å². The number of carbonyl (C=O) groups excluding carboxylic acids is 3. The molecule has 2 unspecified atom stereocenters. The number of amides is 3. The molecule has 0 saturated carbocycles. The van der Waals surface area contributed by atoms with Gasteiger partial charge in [0, 0.05) is 45.2 Å². The standard InChI is InChI=1S/C28H32F2N4O4/c1-2-9-33-17-20(14-24(33)35)27(37)32-23(13-19-11-21(29)15-22(30)12-19)26(36)25-28(38)34(10-8-31-25)16-18-6-4-3-5-7-18/h2-7,11-12,15,20,23,25-26,31,36H,1,8-10,13-14,16-17H2,(H,32,37)/t20-,23?,25?,26-/m0/s1. The number of benzene rings is 2. The van der Waals surface area contributed by atoms with Gasteiger partial charge in [0.15, 0.2) is 0 Å². The number of halogens is 2. The summed E-state index contributed by atoms with van der Waals surface area (Å²) in [5.41, 5.74) is 1.15. The van der Waals surface area contributed by atoms with E-state index in [0.717, 1.165) is 23.8 Å². The maximum Gasteiger partial charge on any atom is 0.242 e. The Bertz CT molecular complexity index is 1160. The molecular weight excluding hydrogens is 494 g/mol. The van der Waals surface area contributed by atoms with Gasteiger partial charge in [0.25, 0.3) is 0 Å². The zero-order chi connectivity index (χ0) is 27.2. The minimum Gasteiger partial charge on any atom is -0.389 e. The van der Waals surface area contributed by atoms with Crippen molar-refractivity contribution >= 4 is 17.7 Å². The summed E-state index contributed by atoms with van der Waals surface area (Å²) in [6.45, 7) is 5.35. The van der Waals surface area contributed by atoms with Gasteiger partial charge in [-0.3, -0.25) is 14.4 Å². The topological polar surface area (TPSA) is 102 Å². The number of nitrogens with zero attached hydrogens (tertiary/aromatic N) is 2. The molecule has 0 spiro atoms. The fourth-order valence-electron chi connectivity index (χ4n) is 5.03. The van der Waals surface area contributed by atoms with Crippen LogP contribution in [0.25, 0.3) is 0 Å². The molecule has 38 heavy (non-hydrogen) atoms. The summed E-state index contributed by atoms with van der Waals surface area (Å²) in [6, 6.07) is 10.3. The van der Waals surface area contributed by atoms with E-state index in [1.54, 1.807) is 11.0 Å². The van der Waals surface area contributed by atoms with Gasteiger partial charge in [-0.2, -0.15) is 0 Å². The number of likely N-dealkylation sites (tertiary alicyclic amines) is 1. The highest BCUT2D eigenvalue weighted by molar-refractivity contribution is 5.89. The van der Waals surface area contributed by atoms with E-state index in [2.05, 4.69) is 17.2 Å². The zero-order valence-electron chi connectivity index (χ0n) is 21.0. The Labute approximate surface area is 220 Å². The number of piperazine rings is 1. The molecular formula is C28H32F2N4O4. The first-order valence-corrected chi connectivity index (χ1v) is 12.6. The molecule has 2 saturated heterocycles. The van der Waals surface area contributed by atoms with Crippen LogP contribution in [0.15, 0.2) is 61.2 Å². The van der Waals surface area contributed by atoms with Crippen LogP contribution in [-0.2, 0) is 27.3 Å². The lowest BCUT2D eigenvalue weighted by atomic mass is 9.93. The fraction of sp³-hybridized carbons (Fsp3) is 0.393. The summed E-state index contributed by atoms with van der Waals surface area (Å²) in [5.74, 6) is -3.24.